The maximum Gasteiger partial charge on any atom is 0.0730 e. The summed E-state index contributed by atoms with van der Waals surface area (Å²) in [5.41, 5.74) is 11.1. The molecule has 0 unspecified atom stereocenters. The molecule has 1 aromatic heterocycles. The van der Waals surface area contributed by atoms with Crippen LogP contribution in [0.2, 0.25) is 0 Å². The van der Waals surface area contributed by atoms with E-state index in [2.05, 4.69) is 71.3 Å². The number of nitrogens with zero attached hydrogens (tertiary/aromatic N) is 1. The lowest BCUT2D eigenvalue weighted by Crippen LogP contribution is -2.23. The predicted molar refractivity (Wildman–Crippen MR) is 128 cm³/mol. The van der Waals surface area contributed by atoms with E-state index >= 15 is 0 Å². The van der Waals surface area contributed by atoms with Crippen molar-refractivity contribution in [3.63, 3.8) is 0 Å². The summed E-state index contributed by atoms with van der Waals surface area (Å²) in [6, 6.07) is 25.5. The summed E-state index contributed by atoms with van der Waals surface area (Å²) in [5.74, 6) is 0. The highest BCUT2D eigenvalue weighted by atomic mass is 14.9. The number of fused-ring (bicyclic) bond motifs is 2. The molecule has 0 saturated carbocycles. The van der Waals surface area contributed by atoms with Gasteiger partial charge in [-0.05, 0) is 55.6 Å². The van der Waals surface area contributed by atoms with Crippen molar-refractivity contribution < 1.29 is 0 Å². The van der Waals surface area contributed by atoms with Gasteiger partial charge < -0.3 is 16.4 Å². The second-order valence-electron chi connectivity index (χ2n) is 7.69. The van der Waals surface area contributed by atoms with Gasteiger partial charge in [-0.25, -0.2) is 4.98 Å². The minimum absolute atomic E-state index is 0.714. The lowest BCUT2D eigenvalue weighted by molar-refractivity contribution is 0.607. The van der Waals surface area contributed by atoms with Gasteiger partial charge in [-0.1, -0.05) is 55.0 Å². The summed E-state index contributed by atoms with van der Waals surface area (Å²) in [6.45, 7) is 2.69. The van der Waals surface area contributed by atoms with Crippen molar-refractivity contribution in [1.29, 1.82) is 0 Å². The van der Waals surface area contributed by atoms with Gasteiger partial charge in [0.2, 0.25) is 0 Å². The average molecular weight is 399 g/mol. The zero-order valence-electron chi connectivity index (χ0n) is 17.4. The average Bonchev–Trinajstić information content (AvgIpc) is 2.79. The first kappa shape index (κ1) is 20.3. The fraction of sp³-hybridized carbons (Fsp3) is 0.269. The molecule has 0 aliphatic rings. The number of aromatic nitrogens is 1. The maximum absolute atomic E-state index is 5.49. The molecular weight excluding hydrogens is 368 g/mol. The molecule has 154 valence electrons. The topological polar surface area (TPSA) is 63.0 Å². The van der Waals surface area contributed by atoms with Crippen molar-refractivity contribution in [1.82, 2.24) is 10.3 Å². The standard InChI is InChI=1S/C26H30N4/c27-17-19-28-18-7-1-2-8-20-13-15-21(16-14-20)29-26-22-9-3-5-11-24(22)30-25-12-6-4-10-23(25)26/h3-6,9-16,28H,1-2,7-8,17-19,27H2,(H,29,30). The van der Waals surface area contributed by atoms with Gasteiger partial charge in [0, 0.05) is 29.5 Å². The van der Waals surface area contributed by atoms with Gasteiger partial charge in [0.1, 0.15) is 0 Å². The Bertz CT molecular complexity index is 1040. The monoisotopic (exact) mass is 398 g/mol. The van der Waals surface area contributed by atoms with Crippen LogP contribution >= 0.6 is 0 Å². The molecule has 3 aromatic carbocycles. The highest BCUT2D eigenvalue weighted by Crippen LogP contribution is 2.33. The van der Waals surface area contributed by atoms with Crippen LogP contribution in [0.25, 0.3) is 21.8 Å². The molecule has 0 radical (unpaired) electrons. The molecule has 0 aliphatic heterocycles. The van der Waals surface area contributed by atoms with E-state index < -0.39 is 0 Å². The molecule has 0 fully saturated rings. The van der Waals surface area contributed by atoms with E-state index in [1.165, 1.54) is 24.8 Å². The van der Waals surface area contributed by atoms with Crippen LogP contribution in [0.15, 0.2) is 72.8 Å². The number of nitrogens with one attached hydrogen (secondary N) is 2. The quantitative estimate of drug-likeness (QED) is 0.247. The van der Waals surface area contributed by atoms with Crippen LogP contribution in [0.5, 0.6) is 0 Å². The number of hydrogen-bond acceptors (Lipinski definition) is 4. The normalized spacial score (nSPS) is 11.2. The molecule has 4 rings (SSSR count). The summed E-state index contributed by atoms with van der Waals surface area (Å²) in [6.07, 6.45) is 4.80. The first-order valence-corrected chi connectivity index (χ1v) is 10.9. The van der Waals surface area contributed by atoms with Crippen molar-refractivity contribution in [2.45, 2.75) is 25.7 Å². The Morgan fingerprint density at radius 1 is 0.700 bits per heavy atom. The molecule has 0 spiro atoms. The smallest absolute Gasteiger partial charge is 0.0730 e. The van der Waals surface area contributed by atoms with Gasteiger partial charge >= 0.3 is 0 Å². The second kappa shape index (κ2) is 10.2. The molecular formula is C26H30N4. The molecule has 0 saturated heterocycles. The molecule has 4 heteroatoms. The first-order valence-electron chi connectivity index (χ1n) is 10.9. The Kier molecular flexibility index (Phi) is 6.91. The lowest BCUT2D eigenvalue weighted by Gasteiger charge is -2.13. The van der Waals surface area contributed by atoms with Crippen molar-refractivity contribution in [2.24, 2.45) is 5.73 Å². The zero-order chi connectivity index (χ0) is 20.6. The molecule has 0 amide bonds. The van der Waals surface area contributed by atoms with E-state index in [-0.39, 0.29) is 0 Å². The van der Waals surface area contributed by atoms with Crippen molar-refractivity contribution in [2.75, 3.05) is 25.0 Å². The van der Waals surface area contributed by atoms with E-state index in [4.69, 9.17) is 10.7 Å². The van der Waals surface area contributed by atoms with E-state index in [0.29, 0.717) is 6.54 Å². The fourth-order valence-corrected chi connectivity index (χ4v) is 3.86. The third-order valence-electron chi connectivity index (χ3n) is 5.45. The molecule has 0 atom stereocenters. The van der Waals surface area contributed by atoms with E-state index in [9.17, 15) is 0 Å². The molecule has 1 heterocycles. The van der Waals surface area contributed by atoms with Crippen LogP contribution in [-0.4, -0.2) is 24.6 Å². The summed E-state index contributed by atoms with van der Waals surface area (Å²) < 4.78 is 0. The highest BCUT2D eigenvalue weighted by molar-refractivity contribution is 6.08. The Morgan fingerprint density at radius 3 is 2.03 bits per heavy atom. The van der Waals surface area contributed by atoms with E-state index in [1.807, 2.05) is 12.1 Å². The van der Waals surface area contributed by atoms with Gasteiger partial charge in [-0.2, -0.15) is 0 Å². The number of unbranched alkanes of at least 4 members (excludes halogenated alkanes) is 2. The van der Waals surface area contributed by atoms with Crippen LogP contribution in [0.3, 0.4) is 0 Å². The number of nitrogens with two attached hydrogens (primary N) is 1. The zero-order valence-corrected chi connectivity index (χ0v) is 17.4. The summed E-state index contributed by atoms with van der Waals surface area (Å²) in [5, 5.41) is 9.29. The Balaban J connectivity index is 1.44. The molecule has 30 heavy (non-hydrogen) atoms. The van der Waals surface area contributed by atoms with E-state index in [1.54, 1.807) is 0 Å². The number of rotatable bonds is 10. The minimum atomic E-state index is 0.714. The van der Waals surface area contributed by atoms with Gasteiger partial charge in [0.25, 0.3) is 0 Å². The summed E-state index contributed by atoms with van der Waals surface area (Å²) >= 11 is 0. The van der Waals surface area contributed by atoms with Crippen molar-refractivity contribution in [3.8, 4) is 0 Å². The predicted octanol–water partition coefficient (Wildman–Crippen LogP) is 5.39. The van der Waals surface area contributed by atoms with Gasteiger partial charge in [0.15, 0.2) is 0 Å². The number of para-hydroxylation sites is 2. The molecule has 0 bridgehead atoms. The fourth-order valence-electron chi connectivity index (χ4n) is 3.86. The van der Waals surface area contributed by atoms with Crippen LogP contribution in [0, 0.1) is 0 Å². The Hall–Kier alpha value is -2.95. The number of anilines is 2. The number of aryl methyl sites for hydroxylation is 1. The minimum Gasteiger partial charge on any atom is -0.354 e. The molecule has 4 N–H and O–H groups in total. The highest BCUT2D eigenvalue weighted by Gasteiger charge is 2.09. The Labute approximate surface area is 178 Å². The van der Waals surface area contributed by atoms with Gasteiger partial charge in [0.05, 0.1) is 16.7 Å². The second-order valence-corrected chi connectivity index (χ2v) is 7.69. The number of benzene rings is 3. The number of pyridine rings is 1. The third kappa shape index (κ3) is 4.96. The van der Waals surface area contributed by atoms with E-state index in [0.717, 1.165) is 52.7 Å². The van der Waals surface area contributed by atoms with Gasteiger partial charge in [-0.15, -0.1) is 0 Å². The summed E-state index contributed by atoms with van der Waals surface area (Å²) in [4.78, 5) is 4.81. The third-order valence-corrected chi connectivity index (χ3v) is 5.45. The van der Waals surface area contributed by atoms with Crippen LogP contribution in [0.4, 0.5) is 11.4 Å². The SMILES string of the molecule is NCCNCCCCCc1ccc(Nc2c3ccccc3nc3ccccc23)cc1. The molecule has 4 nitrogen and oxygen atoms in total. The van der Waals surface area contributed by atoms with Crippen LogP contribution < -0.4 is 16.4 Å². The lowest BCUT2D eigenvalue weighted by atomic mass is 10.1. The summed E-state index contributed by atoms with van der Waals surface area (Å²) in [7, 11) is 0. The number of hydrogen-bond donors (Lipinski definition) is 3. The van der Waals surface area contributed by atoms with Crippen LogP contribution in [0.1, 0.15) is 24.8 Å². The molecule has 4 aromatic rings. The first-order chi connectivity index (χ1) is 14.8. The van der Waals surface area contributed by atoms with Crippen molar-refractivity contribution in [3.05, 3.63) is 78.4 Å². The molecule has 0 aliphatic carbocycles. The van der Waals surface area contributed by atoms with Gasteiger partial charge in [-0.3, -0.25) is 0 Å². The van der Waals surface area contributed by atoms with Crippen molar-refractivity contribution >= 4 is 33.2 Å². The maximum atomic E-state index is 5.49. The largest absolute Gasteiger partial charge is 0.354 e. The Morgan fingerprint density at radius 2 is 1.37 bits per heavy atom. The van der Waals surface area contributed by atoms with Crippen LogP contribution in [-0.2, 0) is 6.42 Å².